The molecule has 3 nitrogen and oxygen atoms in total. The largest absolute Gasteiger partial charge is 0.379 e. The van der Waals surface area contributed by atoms with Gasteiger partial charge in [-0.3, -0.25) is 0 Å². The highest BCUT2D eigenvalue weighted by molar-refractivity contribution is 5.48. The second kappa shape index (κ2) is 5.14. The minimum atomic E-state index is 0.262. The minimum absolute atomic E-state index is 0.262. The maximum Gasteiger partial charge on any atom is 0.0588 e. The molecule has 0 spiro atoms. The highest BCUT2D eigenvalue weighted by atomic mass is 16.5. The Morgan fingerprint density at radius 2 is 1.95 bits per heavy atom. The van der Waals surface area contributed by atoms with Crippen molar-refractivity contribution in [3.63, 3.8) is 0 Å². The minimum Gasteiger partial charge on any atom is -0.379 e. The average molecular weight is 260 g/mol. The molecule has 2 aliphatic heterocycles. The Morgan fingerprint density at radius 3 is 2.42 bits per heavy atom. The van der Waals surface area contributed by atoms with E-state index in [-0.39, 0.29) is 5.41 Å². The molecule has 0 saturated carbocycles. The van der Waals surface area contributed by atoms with Crippen LogP contribution in [-0.2, 0) is 10.2 Å². The summed E-state index contributed by atoms with van der Waals surface area (Å²) in [5.74, 6) is 0.722. The van der Waals surface area contributed by atoms with Gasteiger partial charge in [0.1, 0.15) is 0 Å². The molecule has 1 N–H and O–H groups in total. The maximum atomic E-state index is 5.59. The van der Waals surface area contributed by atoms with Gasteiger partial charge in [0.2, 0.25) is 0 Å². The monoisotopic (exact) mass is 260 g/mol. The Balaban J connectivity index is 1.84. The number of piperidine rings is 1. The van der Waals surface area contributed by atoms with E-state index in [1.165, 1.54) is 30.6 Å². The number of nitrogens with one attached hydrogen (secondary N) is 1. The van der Waals surface area contributed by atoms with Crippen LogP contribution in [0.1, 0.15) is 18.4 Å². The summed E-state index contributed by atoms with van der Waals surface area (Å²) in [5.41, 5.74) is 2.98. The Hall–Kier alpha value is -1.06. The van der Waals surface area contributed by atoms with Crippen molar-refractivity contribution in [2.24, 2.45) is 5.92 Å². The molecule has 2 heterocycles. The zero-order valence-electron chi connectivity index (χ0n) is 12.0. The Labute approximate surface area is 115 Å². The van der Waals surface area contributed by atoms with Crippen molar-refractivity contribution in [2.75, 3.05) is 45.3 Å². The van der Waals surface area contributed by atoms with Gasteiger partial charge >= 0.3 is 0 Å². The zero-order chi connectivity index (χ0) is 13.3. The van der Waals surface area contributed by atoms with Gasteiger partial charge in [-0.1, -0.05) is 12.1 Å². The summed E-state index contributed by atoms with van der Waals surface area (Å²) in [6.07, 6.45) is 2.62. The third-order valence-corrected chi connectivity index (χ3v) is 4.76. The van der Waals surface area contributed by atoms with Crippen LogP contribution in [0.25, 0.3) is 0 Å². The van der Waals surface area contributed by atoms with Gasteiger partial charge in [-0.2, -0.15) is 0 Å². The van der Waals surface area contributed by atoms with E-state index in [0.717, 1.165) is 25.7 Å². The third kappa shape index (κ3) is 2.26. The second-order valence-electron chi connectivity index (χ2n) is 6.13. The number of hydrogen-bond acceptors (Lipinski definition) is 3. The van der Waals surface area contributed by atoms with Crippen LogP contribution in [0.3, 0.4) is 0 Å². The van der Waals surface area contributed by atoms with Crippen molar-refractivity contribution >= 4 is 5.69 Å². The first kappa shape index (κ1) is 12.9. The van der Waals surface area contributed by atoms with Gasteiger partial charge in [-0.25, -0.2) is 0 Å². The van der Waals surface area contributed by atoms with E-state index >= 15 is 0 Å². The first-order valence-corrected chi connectivity index (χ1v) is 7.29. The van der Waals surface area contributed by atoms with Crippen molar-refractivity contribution < 1.29 is 4.74 Å². The van der Waals surface area contributed by atoms with Crippen LogP contribution >= 0.6 is 0 Å². The van der Waals surface area contributed by atoms with Gasteiger partial charge in [0.25, 0.3) is 0 Å². The van der Waals surface area contributed by atoms with Crippen LogP contribution in [0.15, 0.2) is 24.3 Å². The van der Waals surface area contributed by atoms with Crippen LogP contribution in [0.2, 0.25) is 0 Å². The molecule has 2 aliphatic rings. The number of hydrogen-bond donors (Lipinski definition) is 1. The molecular formula is C16H24N2O. The first-order valence-electron chi connectivity index (χ1n) is 7.29. The topological polar surface area (TPSA) is 24.5 Å². The summed E-state index contributed by atoms with van der Waals surface area (Å²) in [4.78, 5) is 2.15. The Kier molecular flexibility index (Phi) is 3.50. The van der Waals surface area contributed by atoms with Gasteiger partial charge < -0.3 is 15.0 Å². The van der Waals surface area contributed by atoms with Crippen molar-refractivity contribution in [1.82, 2.24) is 5.32 Å². The van der Waals surface area contributed by atoms with Gasteiger partial charge in [0, 0.05) is 25.2 Å². The van der Waals surface area contributed by atoms with E-state index < -0.39 is 0 Å². The van der Waals surface area contributed by atoms with Crippen LogP contribution in [-0.4, -0.2) is 40.4 Å². The predicted octanol–water partition coefficient (Wildman–Crippen LogP) is 2.02. The fraction of sp³-hybridized carbons (Fsp3) is 0.625. The van der Waals surface area contributed by atoms with Crippen LogP contribution in [0.5, 0.6) is 0 Å². The van der Waals surface area contributed by atoms with E-state index in [2.05, 4.69) is 48.6 Å². The standard InChI is InChI=1S/C16H24N2O/c1-18(2)15-7-5-13(6-8-15)16(11-19-12-16)14-4-3-9-17-10-14/h5-8,14,17H,3-4,9-12H2,1-2H3. The number of benzene rings is 1. The fourth-order valence-corrected chi connectivity index (χ4v) is 3.38. The number of ether oxygens (including phenoxy) is 1. The van der Waals surface area contributed by atoms with Crippen molar-refractivity contribution in [1.29, 1.82) is 0 Å². The van der Waals surface area contributed by atoms with Crippen molar-refractivity contribution in [2.45, 2.75) is 18.3 Å². The van der Waals surface area contributed by atoms with E-state index in [1.807, 2.05) is 0 Å². The Bertz CT molecular complexity index is 417. The van der Waals surface area contributed by atoms with Crippen molar-refractivity contribution in [3.8, 4) is 0 Å². The SMILES string of the molecule is CN(C)c1ccc(C2(C3CCCNC3)COC2)cc1. The van der Waals surface area contributed by atoms with Crippen molar-refractivity contribution in [3.05, 3.63) is 29.8 Å². The average Bonchev–Trinajstić information content (AvgIpc) is 2.39. The molecule has 0 aromatic heterocycles. The molecule has 1 atom stereocenters. The van der Waals surface area contributed by atoms with E-state index in [9.17, 15) is 0 Å². The first-order chi connectivity index (χ1) is 9.22. The lowest BCUT2D eigenvalue weighted by molar-refractivity contribution is -0.0947. The molecule has 3 rings (SSSR count). The summed E-state index contributed by atoms with van der Waals surface area (Å²) in [7, 11) is 4.17. The quantitative estimate of drug-likeness (QED) is 0.900. The lowest BCUT2D eigenvalue weighted by Crippen LogP contribution is -2.56. The molecular weight excluding hydrogens is 236 g/mol. The van der Waals surface area contributed by atoms with E-state index in [4.69, 9.17) is 4.74 Å². The van der Waals surface area contributed by atoms with E-state index in [0.29, 0.717) is 0 Å². The number of anilines is 1. The zero-order valence-corrected chi connectivity index (χ0v) is 12.0. The smallest absolute Gasteiger partial charge is 0.0588 e. The fourth-order valence-electron chi connectivity index (χ4n) is 3.38. The van der Waals surface area contributed by atoms with Crippen LogP contribution in [0.4, 0.5) is 5.69 Å². The molecule has 1 aromatic carbocycles. The molecule has 2 fully saturated rings. The molecule has 19 heavy (non-hydrogen) atoms. The second-order valence-corrected chi connectivity index (χ2v) is 6.13. The van der Waals surface area contributed by atoms with Crippen LogP contribution < -0.4 is 10.2 Å². The summed E-state index contributed by atoms with van der Waals surface area (Å²) in [6.45, 7) is 4.09. The van der Waals surface area contributed by atoms with Crippen LogP contribution in [0, 0.1) is 5.92 Å². The highest BCUT2D eigenvalue weighted by Crippen LogP contribution is 2.42. The predicted molar refractivity (Wildman–Crippen MR) is 78.9 cm³/mol. The summed E-state index contributed by atoms with van der Waals surface area (Å²) in [5, 5.41) is 3.54. The molecule has 0 bridgehead atoms. The molecule has 3 heteroatoms. The highest BCUT2D eigenvalue weighted by Gasteiger charge is 2.47. The van der Waals surface area contributed by atoms with Gasteiger partial charge in [0.05, 0.1) is 13.2 Å². The summed E-state index contributed by atoms with van der Waals surface area (Å²) < 4.78 is 5.59. The lowest BCUT2D eigenvalue weighted by Gasteiger charge is -2.49. The molecule has 0 radical (unpaired) electrons. The molecule has 1 unspecified atom stereocenters. The van der Waals surface area contributed by atoms with Gasteiger partial charge in [-0.15, -0.1) is 0 Å². The van der Waals surface area contributed by atoms with Gasteiger partial charge in [-0.05, 0) is 49.5 Å². The normalized spacial score (nSPS) is 25.7. The van der Waals surface area contributed by atoms with E-state index in [1.54, 1.807) is 0 Å². The molecule has 104 valence electrons. The molecule has 0 aliphatic carbocycles. The molecule has 0 amide bonds. The van der Waals surface area contributed by atoms with Gasteiger partial charge in [0.15, 0.2) is 0 Å². The number of rotatable bonds is 3. The Morgan fingerprint density at radius 1 is 1.21 bits per heavy atom. The lowest BCUT2D eigenvalue weighted by atomic mass is 9.66. The molecule has 2 saturated heterocycles. The summed E-state index contributed by atoms with van der Waals surface area (Å²) in [6, 6.07) is 9.05. The number of nitrogens with zero attached hydrogens (tertiary/aromatic N) is 1. The maximum absolute atomic E-state index is 5.59. The third-order valence-electron chi connectivity index (χ3n) is 4.76. The summed E-state index contributed by atoms with van der Waals surface area (Å²) >= 11 is 0. The molecule has 1 aromatic rings.